The molecule has 4 atom stereocenters. The molecule has 4 nitrogen and oxygen atoms in total. The van der Waals surface area contributed by atoms with Gasteiger partial charge in [0.05, 0.1) is 0 Å². The van der Waals surface area contributed by atoms with Crippen molar-refractivity contribution in [2.45, 2.75) is 91.3 Å². The first-order chi connectivity index (χ1) is 13.3. The maximum Gasteiger partial charge on any atom is 0.250 e. The second kappa shape index (κ2) is 6.32. The fourth-order valence-corrected chi connectivity index (χ4v) is 6.92. The third-order valence-corrected chi connectivity index (χ3v) is 13.4. The summed E-state index contributed by atoms with van der Waals surface area (Å²) in [6.07, 6.45) is 7.18. The van der Waals surface area contributed by atoms with Gasteiger partial charge in [0.2, 0.25) is 14.2 Å². The maximum absolute atomic E-state index is 12.8. The Kier molecular flexibility index (Phi) is 4.55. The standard InChI is InChI=1S/C24H37NO3Si/c1-22(2,3)29(6,7)28-17-14-18-23(4,13-11-20(27)25-18)16-10-12-24(5)15(21(16)17)8-9-19(24)26/h14-16H,8-13H2,1-7H3,(H,25,27)/t15-,16-,23+,24-/m0/s1. The summed E-state index contributed by atoms with van der Waals surface area (Å²) in [5.41, 5.74) is 2.12. The van der Waals surface area contributed by atoms with E-state index in [0.717, 1.165) is 37.1 Å². The predicted molar refractivity (Wildman–Crippen MR) is 117 cm³/mol. The van der Waals surface area contributed by atoms with E-state index < -0.39 is 8.32 Å². The molecule has 1 heterocycles. The molecule has 3 aliphatic carbocycles. The molecule has 1 aliphatic heterocycles. The molecular formula is C24H37NO3Si. The fourth-order valence-electron chi connectivity index (χ4n) is 5.89. The van der Waals surface area contributed by atoms with Crippen molar-refractivity contribution in [2.75, 3.05) is 0 Å². The van der Waals surface area contributed by atoms with Crippen molar-refractivity contribution < 1.29 is 14.0 Å². The van der Waals surface area contributed by atoms with Crippen LogP contribution in [0.5, 0.6) is 0 Å². The molecule has 1 amide bonds. The second-order valence-corrected chi connectivity index (χ2v) is 16.5. The highest BCUT2D eigenvalue weighted by molar-refractivity contribution is 6.74. The van der Waals surface area contributed by atoms with Gasteiger partial charge in [0.1, 0.15) is 11.5 Å². The van der Waals surface area contributed by atoms with Gasteiger partial charge >= 0.3 is 0 Å². The summed E-state index contributed by atoms with van der Waals surface area (Å²) >= 11 is 0. The summed E-state index contributed by atoms with van der Waals surface area (Å²) in [4.78, 5) is 25.0. The molecule has 3 fully saturated rings. The highest BCUT2D eigenvalue weighted by atomic mass is 28.4. The Morgan fingerprint density at radius 2 is 1.69 bits per heavy atom. The fraction of sp³-hybridized carbons (Fsp3) is 0.750. The van der Waals surface area contributed by atoms with E-state index in [4.69, 9.17) is 4.43 Å². The van der Waals surface area contributed by atoms with E-state index in [1.165, 1.54) is 5.57 Å². The number of hydrogen-bond donors (Lipinski definition) is 1. The highest BCUT2D eigenvalue weighted by Gasteiger charge is 2.58. The Bertz CT molecular complexity index is 834. The molecule has 0 radical (unpaired) electrons. The van der Waals surface area contributed by atoms with Gasteiger partial charge in [-0.3, -0.25) is 9.59 Å². The van der Waals surface area contributed by atoms with Gasteiger partial charge in [-0.05, 0) is 67.3 Å². The van der Waals surface area contributed by atoms with Crippen LogP contribution in [-0.4, -0.2) is 20.0 Å². The number of piperidine rings is 1. The molecule has 4 rings (SSSR count). The number of allylic oxidation sites excluding steroid dienone is 3. The molecule has 5 heteroatoms. The lowest BCUT2D eigenvalue weighted by Crippen LogP contribution is -2.51. The van der Waals surface area contributed by atoms with E-state index in [9.17, 15) is 9.59 Å². The van der Waals surface area contributed by atoms with Crippen molar-refractivity contribution >= 4 is 20.0 Å². The van der Waals surface area contributed by atoms with Crippen LogP contribution in [-0.2, 0) is 14.0 Å². The minimum Gasteiger partial charge on any atom is -0.543 e. The third kappa shape index (κ3) is 2.98. The first kappa shape index (κ1) is 20.9. The van der Waals surface area contributed by atoms with Crippen LogP contribution in [0.3, 0.4) is 0 Å². The van der Waals surface area contributed by atoms with Gasteiger partial charge in [-0.2, -0.15) is 0 Å². The lowest BCUT2D eigenvalue weighted by Gasteiger charge is -2.53. The van der Waals surface area contributed by atoms with Crippen LogP contribution < -0.4 is 5.32 Å². The zero-order valence-corrected chi connectivity index (χ0v) is 20.2. The van der Waals surface area contributed by atoms with Crippen molar-refractivity contribution in [3.05, 3.63) is 23.1 Å². The molecular weight excluding hydrogens is 378 g/mol. The smallest absolute Gasteiger partial charge is 0.250 e. The normalized spacial score (nSPS) is 37.4. The molecule has 0 aromatic carbocycles. The quantitative estimate of drug-likeness (QED) is 0.608. The summed E-state index contributed by atoms with van der Waals surface area (Å²) in [6.45, 7) is 15.8. The number of amides is 1. The summed E-state index contributed by atoms with van der Waals surface area (Å²) in [6, 6.07) is 0. The van der Waals surface area contributed by atoms with Gasteiger partial charge in [0, 0.05) is 29.4 Å². The second-order valence-electron chi connectivity index (χ2n) is 11.7. The zero-order valence-electron chi connectivity index (χ0n) is 19.2. The van der Waals surface area contributed by atoms with Gasteiger partial charge in [0.15, 0.2) is 0 Å². The van der Waals surface area contributed by atoms with Gasteiger partial charge in [-0.15, -0.1) is 0 Å². The molecule has 0 spiro atoms. The maximum atomic E-state index is 12.8. The van der Waals surface area contributed by atoms with Crippen molar-refractivity contribution in [1.29, 1.82) is 0 Å². The van der Waals surface area contributed by atoms with Crippen LogP contribution in [0.2, 0.25) is 18.1 Å². The Hall–Kier alpha value is -1.36. The monoisotopic (exact) mass is 415 g/mol. The van der Waals surface area contributed by atoms with Crippen molar-refractivity contribution in [3.63, 3.8) is 0 Å². The molecule has 0 aromatic heterocycles. The van der Waals surface area contributed by atoms with E-state index >= 15 is 0 Å². The summed E-state index contributed by atoms with van der Waals surface area (Å²) < 4.78 is 6.91. The minimum absolute atomic E-state index is 0.0590. The van der Waals surface area contributed by atoms with Crippen LogP contribution >= 0.6 is 0 Å². The number of Topliss-reactive ketones (excluding diaryl/α,β-unsaturated/α-hetero) is 1. The number of rotatable bonds is 2. The number of carbonyl (C=O) groups excluding carboxylic acids is 2. The summed E-state index contributed by atoms with van der Waals surface area (Å²) in [5.74, 6) is 2.15. The Balaban J connectivity index is 1.87. The lowest BCUT2D eigenvalue weighted by atomic mass is 9.53. The molecule has 4 aliphatic rings. The Labute approximate surface area is 176 Å². The molecule has 0 bridgehead atoms. The SMILES string of the molecule is CC(C)(C)[Si](C)(C)OC1=C2[C@H](CC[C@]3(C)C(=O)CC[C@@H]23)[C@@]2(C)CCC(=O)NC2=C1. The van der Waals surface area contributed by atoms with E-state index in [0.29, 0.717) is 24.5 Å². The third-order valence-electron chi connectivity index (χ3n) is 9.03. The number of hydrogen-bond acceptors (Lipinski definition) is 3. The molecule has 160 valence electrons. The first-order valence-corrected chi connectivity index (χ1v) is 14.2. The molecule has 1 N–H and O–H groups in total. The zero-order chi connectivity index (χ0) is 21.4. The lowest BCUT2D eigenvalue weighted by molar-refractivity contribution is -0.127. The number of fused-ring (bicyclic) bond motifs is 5. The van der Waals surface area contributed by atoms with Gasteiger partial charge < -0.3 is 9.74 Å². The molecule has 29 heavy (non-hydrogen) atoms. The van der Waals surface area contributed by atoms with Gasteiger partial charge in [-0.1, -0.05) is 34.6 Å². The summed E-state index contributed by atoms with van der Waals surface area (Å²) in [5, 5.41) is 3.27. The van der Waals surface area contributed by atoms with E-state index in [2.05, 4.69) is 59.1 Å². The number of nitrogens with one attached hydrogen (secondary N) is 1. The predicted octanol–water partition coefficient (Wildman–Crippen LogP) is 5.47. The molecule has 2 saturated carbocycles. The summed E-state index contributed by atoms with van der Waals surface area (Å²) in [7, 11) is -2.05. The number of carbonyl (C=O) groups is 2. The minimum atomic E-state index is -2.05. The van der Waals surface area contributed by atoms with Crippen LogP contribution in [0, 0.1) is 22.7 Å². The average Bonchev–Trinajstić information content (AvgIpc) is 2.90. The Morgan fingerprint density at radius 1 is 1.03 bits per heavy atom. The molecule has 0 unspecified atom stereocenters. The van der Waals surface area contributed by atoms with E-state index in [1.807, 2.05) is 0 Å². The largest absolute Gasteiger partial charge is 0.543 e. The van der Waals surface area contributed by atoms with E-state index in [1.54, 1.807) is 0 Å². The van der Waals surface area contributed by atoms with Crippen LogP contribution in [0.4, 0.5) is 0 Å². The highest BCUT2D eigenvalue weighted by Crippen LogP contribution is 2.62. The van der Waals surface area contributed by atoms with Gasteiger partial charge in [-0.25, -0.2) is 0 Å². The van der Waals surface area contributed by atoms with Crippen LogP contribution in [0.25, 0.3) is 0 Å². The van der Waals surface area contributed by atoms with E-state index in [-0.39, 0.29) is 27.7 Å². The molecule has 0 aromatic rings. The van der Waals surface area contributed by atoms with Crippen molar-refractivity contribution in [2.24, 2.45) is 22.7 Å². The van der Waals surface area contributed by atoms with Crippen LogP contribution in [0.15, 0.2) is 23.1 Å². The van der Waals surface area contributed by atoms with Gasteiger partial charge in [0.25, 0.3) is 0 Å². The van der Waals surface area contributed by atoms with Crippen molar-refractivity contribution in [3.8, 4) is 0 Å². The number of ketones is 1. The average molecular weight is 416 g/mol. The topological polar surface area (TPSA) is 55.4 Å². The van der Waals surface area contributed by atoms with Crippen LogP contribution in [0.1, 0.15) is 73.1 Å². The first-order valence-electron chi connectivity index (χ1n) is 11.3. The Morgan fingerprint density at radius 3 is 2.34 bits per heavy atom. The van der Waals surface area contributed by atoms with Crippen molar-refractivity contribution in [1.82, 2.24) is 5.32 Å². The molecule has 1 saturated heterocycles.